The molecule has 2 aromatic rings. The highest BCUT2D eigenvalue weighted by Crippen LogP contribution is 2.30. The van der Waals surface area contributed by atoms with Gasteiger partial charge in [-0.15, -0.1) is 0 Å². The fraction of sp³-hybridized carbons (Fsp3) is 0.143. The van der Waals surface area contributed by atoms with Crippen molar-refractivity contribution in [2.24, 2.45) is 5.73 Å². The summed E-state index contributed by atoms with van der Waals surface area (Å²) < 4.78 is 1.91. The van der Waals surface area contributed by atoms with E-state index in [4.69, 9.17) is 28.9 Å². The van der Waals surface area contributed by atoms with Gasteiger partial charge in [-0.1, -0.05) is 61.1 Å². The van der Waals surface area contributed by atoms with Gasteiger partial charge in [0.05, 0.1) is 0 Å². The van der Waals surface area contributed by atoms with Gasteiger partial charge in [-0.3, -0.25) is 0 Å². The molecule has 0 amide bonds. The van der Waals surface area contributed by atoms with Crippen LogP contribution in [0.1, 0.15) is 17.2 Å². The topological polar surface area (TPSA) is 26.0 Å². The second-order valence-corrected chi connectivity index (χ2v) is 6.83. The molecule has 0 aliphatic rings. The molecule has 0 saturated heterocycles. The molecule has 19 heavy (non-hydrogen) atoms. The van der Waals surface area contributed by atoms with Gasteiger partial charge in [0, 0.05) is 25.0 Å². The Balaban J connectivity index is 2.25. The summed E-state index contributed by atoms with van der Waals surface area (Å²) in [4.78, 5) is 0. The van der Waals surface area contributed by atoms with Crippen LogP contribution in [-0.2, 0) is 6.42 Å². The van der Waals surface area contributed by atoms with E-state index in [-0.39, 0.29) is 6.04 Å². The first-order chi connectivity index (χ1) is 8.97. The first-order valence-electron chi connectivity index (χ1n) is 5.62. The maximum atomic E-state index is 6.24. The fourth-order valence-electron chi connectivity index (χ4n) is 1.83. The molecule has 0 radical (unpaired) electrons. The van der Waals surface area contributed by atoms with E-state index in [1.165, 1.54) is 0 Å². The van der Waals surface area contributed by atoms with Crippen molar-refractivity contribution >= 4 is 55.1 Å². The molecule has 100 valence electrons. The summed E-state index contributed by atoms with van der Waals surface area (Å²) in [5, 5.41) is 1.39. The van der Waals surface area contributed by atoms with Crippen LogP contribution in [0.25, 0.3) is 0 Å². The highest BCUT2D eigenvalue weighted by Gasteiger charge is 2.13. The second-order valence-electron chi connectivity index (χ2n) is 4.21. The van der Waals surface area contributed by atoms with Gasteiger partial charge in [-0.05, 0) is 47.9 Å². The molecule has 0 bridgehead atoms. The number of hydrogen-bond donors (Lipinski definition) is 1. The summed E-state index contributed by atoms with van der Waals surface area (Å²) in [6.45, 7) is 0. The smallest absolute Gasteiger partial charge is 0.0449 e. The number of rotatable bonds is 3. The molecule has 1 atom stereocenters. The molecule has 5 heteroatoms. The molecule has 2 rings (SSSR count). The maximum absolute atomic E-state index is 6.24. The molecule has 1 unspecified atom stereocenters. The number of nitrogens with two attached hydrogens (primary N) is 1. The second kappa shape index (κ2) is 6.59. The average molecular weight is 424 g/mol. The molecular formula is C14H11Br2Cl2N. The third-order valence-corrected chi connectivity index (χ3v) is 4.61. The standard InChI is InChI=1S/C14H11Br2Cl2N/c15-9-2-1-8(13(18)6-9)5-14(19)11-7-10(17)3-4-12(11)16/h1-4,6-7,14H,5,19H2. The van der Waals surface area contributed by atoms with Gasteiger partial charge in [-0.25, -0.2) is 0 Å². The normalized spacial score (nSPS) is 12.5. The Bertz CT molecular complexity index is 602. The Morgan fingerprint density at radius 1 is 1.05 bits per heavy atom. The molecule has 0 spiro atoms. The van der Waals surface area contributed by atoms with Gasteiger partial charge < -0.3 is 5.73 Å². The summed E-state index contributed by atoms with van der Waals surface area (Å²) in [5.41, 5.74) is 8.24. The molecule has 0 fully saturated rings. The molecule has 0 heterocycles. The summed E-state index contributed by atoms with van der Waals surface area (Å²) >= 11 is 19.1. The molecule has 0 aliphatic heterocycles. The van der Waals surface area contributed by atoms with Gasteiger partial charge >= 0.3 is 0 Å². The van der Waals surface area contributed by atoms with Gasteiger partial charge in [0.1, 0.15) is 0 Å². The zero-order chi connectivity index (χ0) is 14.0. The first-order valence-corrected chi connectivity index (χ1v) is 7.96. The van der Waals surface area contributed by atoms with E-state index in [1.54, 1.807) is 0 Å². The van der Waals surface area contributed by atoms with E-state index in [2.05, 4.69) is 31.9 Å². The minimum Gasteiger partial charge on any atom is -0.324 e. The molecule has 0 aliphatic carbocycles. The van der Waals surface area contributed by atoms with Crippen LogP contribution >= 0.6 is 55.1 Å². The highest BCUT2D eigenvalue weighted by molar-refractivity contribution is 9.10. The SMILES string of the molecule is NC(Cc1ccc(Br)cc1Cl)c1cc(Cl)ccc1Br. The summed E-state index contributed by atoms with van der Waals surface area (Å²) in [6, 6.07) is 11.3. The van der Waals surface area contributed by atoms with Crippen molar-refractivity contribution in [3.05, 3.63) is 66.5 Å². The third kappa shape index (κ3) is 3.96. The van der Waals surface area contributed by atoms with Crippen molar-refractivity contribution in [1.82, 2.24) is 0 Å². The van der Waals surface area contributed by atoms with Crippen LogP contribution < -0.4 is 5.73 Å². The van der Waals surface area contributed by atoms with E-state index in [9.17, 15) is 0 Å². The van der Waals surface area contributed by atoms with Crippen molar-refractivity contribution < 1.29 is 0 Å². The molecule has 0 saturated carbocycles. The molecule has 2 N–H and O–H groups in total. The monoisotopic (exact) mass is 421 g/mol. The summed E-state index contributed by atoms with van der Waals surface area (Å²) in [5.74, 6) is 0. The van der Waals surface area contributed by atoms with Crippen LogP contribution in [0.15, 0.2) is 45.3 Å². The van der Waals surface area contributed by atoms with Crippen molar-refractivity contribution in [3.63, 3.8) is 0 Å². The quantitative estimate of drug-likeness (QED) is 0.667. The van der Waals surface area contributed by atoms with Crippen molar-refractivity contribution in [3.8, 4) is 0 Å². The van der Waals surface area contributed by atoms with Crippen molar-refractivity contribution in [1.29, 1.82) is 0 Å². The minimum atomic E-state index is -0.160. The van der Waals surface area contributed by atoms with Crippen LogP contribution in [0, 0.1) is 0 Å². The molecule has 2 aromatic carbocycles. The largest absolute Gasteiger partial charge is 0.324 e. The predicted octanol–water partition coefficient (Wildman–Crippen LogP) is 5.76. The fourth-order valence-corrected chi connectivity index (χ4v) is 3.30. The van der Waals surface area contributed by atoms with Gasteiger partial charge in [0.25, 0.3) is 0 Å². The Morgan fingerprint density at radius 2 is 1.79 bits per heavy atom. The van der Waals surface area contributed by atoms with Crippen LogP contribution in [-0.4, -0.2) is 0 Å². The lowest BCUT2D eigenvalue weighted by molar-refractivity contribution is 0.718. The van der Waals surface area contributed by atoms with Crippen LogP contribution in [0.3, 0.4) is 0 Å². The number of halogens is 4. The van der Waals surface area contributed by atoms with E-state index in [0.717, 1.165) is 20.1 Å². The first kappa shape index (κ1) is 15.3. The van der Waals surface area contributed by atoms with Crippen molar-refractivity contribution in [2.45, 2.75) is 12.5 Å². The Kier molecular flexibility index (Phi) is 5.32. The van der Waals surface area contributed by atoms with E-state index in [0.29, 0.717) is 16.5 Å². The van der Waals surface area contributed by atoms with Gasteiger partial charge in [-0.2, -0.15) is 0 Å². The summed E-state index contributed by atoms with van der Waals surface area (Å²) in [7, 11) is 0. The lowest BCUT2D eigenvalue weighted by Crippen LogP contribution is -2.14. The molecule has 0 aromatic heterocycles. The molecule has 1 nitrogen and oxygen atoms in total. The van der Waals surface area contributed by atoms with E-state index in [1.807, 2.05) is 36.4 Å². The average Bonchev–Trinajstić information content (AvgIpc) is 2.35. The maximum Gasteiger partial charge on any atom is 0.0449 e. The van der Waals surface area contributed by atoms with Gasteiger partial charge in [0.15, 0.2) is 0 Å². The van der Waals surface area contributed by atoms with Gasteiger partial charge in [0.2, 0.25) is 0 Å². The van der Waals surface area contributed by atoms with Crippen LogP contribution in [0.5, 0.6) is 0 Å². The number of benzene rings is 2. The third-order valence-electron chi connectivity index (χ3n) is 2.81. The van der Waals surface area contributed by atoms with E-state index >= 15 is 0 Å². The van der Waals surface area contributed by atoms with E-state index < -0.39 is 0 Å². The summed E-state index contributed by atoms with van der Waals surface area (Å²) in [6.07, 6.45) is 0.658. The minimum absolute atomic E-state index is 0.160. The Morgan fingerprint density at radius 3 is 2.47 bits per heavy atom. The Labute approximate surface area is 139 Å². The Hall–Kier alpha value is -0.0600. The van der Waals surface area contributed by atoms with Crippen molar-refractivity contribution in [2.75, 3.05) is 0 Å². The highest BCUT2D eigenvalue weighted by atomic mass is 79.9. The zero-order valence-electron chi connectivity index (χ0n) is 9.84. The number of hydrogen-bond acceptors (Lipinski definition) is 1. The lowest BCUT2D eigenvalue weighted by atomic mass is 10.00. The lowest BCUT2D eigenvalue weighted by Gasteiger charge is -2.15. The van der Waals surface area contributed by atoms with Crippen LogP contribution in [0.4, 0.5) is 0 Å². The zero-order valence-corrected chi connectivity index (χ0v) is 14.5. The molecular weight excluding hydrogens is 413 g/mol. The predicted molar refractivity (Wildman–Crippen MR) is 88.9 cm³/mol. The van der Waals surface area contributed by atoms with Crippen LogP contribution in [0.2, 0.25) is 10.0 Å².